The van der Waals surface area contributed by atoms with E-state index in [2.05, 4.69) is 31.9 Å². The van der Waals surface area contributed by atoms with Gasteiger partial charge in [-0.15, -0.1) is 0 Å². The molecule has 0 atom stereocenters. The number of hydrogen-bond acceptors (Lipinski definition) is 4. The maximum absolute atomic E-state index is 5.86. The van der Waals surface area contributed by atoms with Gasteiger partial charge < -0.3 is 19.9 Å². The second-order valence-corrected chi connectivity index (χ2v) is 5.90. The average Bonchev–Trinajstić information content (AvgIpc) is 2.42. The van der Waals surface area contributed by atoms with Crippen molar-refractivity contribution in [3.63, 3.8) is 0 Å². The predicted molar refractivity (Wildman–Crippen MR) is 90.5 cm³/mol. The SMILES string of the molecule is CCOc1cc(N)cc(Oc2cc(Br)c(OC)cc2Br)c1. The molecule has 2 aromatic rings. The molecule has 0 aliphatic carbocycles. The zero-order valence-electron chi connectivity index (χ0n) is 11.7. The van der Waals surface area contributed by atoms with E-state index in [0.29, 0.717) is 29.5 Å². The van der Waals surface area contributed by atoms with E-state index in [9.17, 15) is 0 Å². The van der Waals surface area contributed by atoms with Crippen molar-refractivity contribution in [2.75, 3.05) is 19.5 Å². The Labute approximate surface area is 140 Å². The van der Waals surface area contributed by atoms with Gasteiger partial charge in [0, 0.05) is 23.9 Å². The lowest BCUT2D eigenvalue weighted by Gasteiger charge is -2.12. The van der Waals surface area contributed by atoms with Gasteiger partial charge in [0.1, 0.15) is 23.0 Å². The van der Waals surface area contributed by atoms with E-state index in [1.807, 2.05) is 19.1 Å². The molecular weight excluding hydrogens is 402 g/mol. The second kappa shape index (κ2) is 7.04. The van der Waals surface area contributed by atoms with E-state index in [4.69, 9.17) is 19.9 Å². The monoisotopic (exact) mass is 415 g/mol. The van der Waals surface area contributed by atoms with E-state index < -0.39 is 0 Å². The number of rotatable bonds is 5. The standard InChI is InChI=1S/C15H15Br2NO3/c1-3-20-10-4-9(18)5-11(6-10)21-15-8-12(16)14(19-2)7-13(15)17/h4-8H,3,18H2,1-2H3. The highest BCUT2D eigenvalue weighted by Crippen LogP contribution is 2.39. The summed E-state index contributed by atoms with van der Waals surface area (Å²) in [7, 11) is 1.61. The molecule has 0 fully saturated rings. The summed E-state index contributed by atoms with van der Waals surface area (Å²) in [6.45, 7) is 2.49. The van der Waals surface area contributed by atoms with Crippen molar-refractivity contribution >= 4 is 37.5 Å². The van der Waals surface area contributed by atoms with Gasteiger partial charge >= 0.3 is 0 Å². The average molecular weight is 417 g/mol. The Hall–Kier alpha value is -1.40. The minimum absolute atomic E-state index is 0.570. The number of anilines is 1. The van der Waals surface area contributed by atoms with Crippen LogP contribution < -0.4 is 19.9 Å². The van der Waals surface area contributed by atoms with Crippen LogP contribution in [0.2, 0.25) is 0 Å². The van der Waals surface area contributed by atoms with Crippen molar-refractivity contribution in [3.8, 4) is 23.0 Å². The molecule has 2 aromatic carbocycles. The highest BCUT2D eigenvalue weighted by Gasteiger charge is 2.10. The first-order valence-electron chi connectivity index (χ1n) is 6.27. The molecule has 0 aliphatic heterocycles. The summed E-state index contributed by atoms with van der Waals surface area (Å²) >= 11 is 6.89. The summed E-state index contributed by atoms with van der Waals surface area (Å²) in [5, 5.41) is 0. The molecule has 0 heterocycles. The van der Waals surface area contributed by atoms with Gasteiger partial charge in [-0.3, -0.25) is 0 Å². The summed E-state index contributed by atoms with van der Waals surface area (Å²) < 4.78 is 18.1. The van der Waals surface area contributed by atoms with Gasteiger partial charge in [0.2, 0.25) is 0 Å². The Morgan fingerprint density at radius 3 is 2.24 bits per heavy atom. The van der Waals surface area contributed by atoms with Crippen LogP contribution in [0.1, 0.15) is 6.92 Å². The molecule has 0 amide bonds. The first kappa shape index (κ1) is 16.0. The van der Waals surface area contributed by atoms with E-state index >= 15 is 0 Å². The molecule has 0 spiro atoms. The van der Waals surface area contributed by atoms with E-state index in [1.165, 1.54) is 0 Å². The van der Waals surface area contributed by atoms with Gasteiger partial charge in [-0.2, -0.15) is 0 Å². The normalized spacial score (nSPS) is 10.3. The van der Waals surface area contributed by atoms with Crippen LogP contribution in [-0.2, 0) is 0 Å². The van der Waals surface area contributed by atoms with Gasteiger partial charge in [0.05, 0.1) is 22.7 Å². The molecule has 0 bridgehead atoms. The molecule has 0 saturated carbocycles. The molecule has 0 unspecified atom stereocenters. The van der Waals surface area contributed by atoms with Crippen LogP contribution in [0.3, 0.4) is 0 Å². The summed E-state index contributed by atoms with van der Waals surface area (Å²) in [4.78, 5) is 0. The largest absolute Gasteiger partial charge is 0.496 e. The summed E-state index contributed by atoms with van der Waals surface area (Å²) in [5.74, 6) is 2.65. The van der Waals surface area contributed by atoms with Gasteiger partial charge in [-0.25, -0.2) is 0 Å². The van der Waals surface area contributed by atoms with Crippen LogP contribution >= 0.6 is 31.9 Å². The van der Waals surface area contributed by atoms with E-state index in [-0.39, 0.29) is 0 Å². The maximum Gasteiger partial charge on any atom is 0.143 e. The number of methoxy groups -OCH3 is 1. The second-order valence-electron chi connectivity index (χ2n) is 4.19. The van der Waals surface area contributed by atoms with Gasteiger partial charge in [-0.1, -0.05) is 0 Å². The third-order valence-corrected chi connectivity index (χ3v) is 3.89. The fourth-order valence-electron chi connectivity index (χ4n) is 1.77. The van der Waals surface area contributed by atoms with Crippen LogP contribution in [0.15, 0.2) is 39.3 Å². The minimum Gasteiger partial charge on any atom is -0.496 e. The fourth-order valence-corrected chi connectivity index (χ4v) is 2.66. The van der Waals surface area contributed by atoms with Crippen LogP contribution in [0.4, 0.5) is 5.69 Å². The van der Waals surface area contributed by atoms with Crippen molar-refractivity contribution in [1.29, 1.82) is 0 Å². The topological polar surface area (TPSA) is 53.7 Å². The van der Waals surface area contributed by atoms with Crippen molar-refractivity contribution in [2.24, 2.45) is 0 Å². The van der Waals surface area contributed by atoms with Crippen molar-refractivity contribution in [2.45, 2.75) is 6.92 Å². The van der Waals surface area contributed by atoms with E-state index in [1.54, 1.807) is 25.3 Å². The third-order valence-electron chi connectivity index (χ3n) is 2.65. The van der Waals surface area contributed by atoms with E-state index in [0.717, 1.165) is 14.7 Å². The molecule has 2 N–H and O–H groups in total. The van der Waals surface area contributed by atoms with Gasteiger partial charge in [0.25, 0.3) is 0 Å². The van der Waals surface area contributed by atoms with Gasteiger partial charge in [-0.05, 0) is 50.9 Å². The molecule has 2 rings (SSSR count). The van der Waals surface area contributed by atoms with Crippen LogP contribution in [0.25, 0.3) is 0 Å². The molecule has 0 aliphatic rings. The molecule has 0 radical (unpaired) electrons. The Bertz CT molecular complexity index is 647. The summed E-state index contributed by atoms with van der Waals surface area (Å²) in [5.41, 5.74) is 6.44. The number of halogens is 2. The quantitative estimate of drug-likeness (QED) is 0.697. The first-order valence-corrected chi connectivity index (χ1v) is 7.86. The predicted octanol–water partition coefficient (Wildman–Crippen LogP) is 4.99. The maximum atomic E-state index is 5.86. The molecule has 0 saturated heterocycles. The number of nitrogens with two attached hydrogens (primary N) is 1. The van der Waals surface area contributed by atoms with Crippen LogP contribution in [0, 0.1) is 0 Å². The van der Waals surface area contributed by atoms with Crippen molar-refractivity contribution in [1.82, 2.24) is 0 Å². The molecular formula is C15H15Br2NO3. The number of benzene rings is 2. The molecule has 21 heavy (non-hydrogen) atoms. The first-order chi connectivity index (χ1) is 10.0. The third kappa shape index (κ3) is 4.04. The zero-order chi connectivity index (χ0) is 15.4. The zero-order valence-corrected chi connectivity index (χ0v) is 14.8. The highest BCUT2D eigenvalue weighted by atomic mass is 79.9. The smallest absolute Gasteiger partial charge is 0.143 e. The van der Waals surface area contributed by atoms with Crippen molar-refractivity contribution < 1.29 is 14.2 Å². The number of hydrogen-bond donors (Lipinski definition) is 1. The van der Waals surface area contributed by atoms with Crippen molar-refractivity contribution in [3.05, 3.63) is 39.3 Å². The number of nitrogen functional groups attached to an aromatic ring is 1. The fraction of sp³-hybridized carbons (Fsp3) is 0.200. The number of ether oxygens (including phenoxy) is 3. The Morgan fingerprint density at radius 2 is 1.57 bits per heavy atom. The molecule has 6 heteroatoms. The van der Waals surface area contributed by atoms with Crippen LogP contribution in [-0.4, -0.2) is 13.7 Å². The molecule has 0 aromatic heterocycles. The molecule has 112 valence electrons. The Morgan fingerprint density at radius 1 is 0.952 bits per heavy atom. The minimum atomic E-state index is 0.570. The van der Waals surface area contributed by atoms with Crippen LogP contribution in [0.5, 0.6) is 23.0 Å². The van der Waals surface area contributed by atoms with Gasteiger partial charge in [0.15, 0.2) is 0 Å². The Kier molecular flexibility index (Phi) is 5.36. The highest BCUT2D eigenvalue weighted by molar-refractivity contribution is 9.11. The lowest BCUT2D eigenvalue weighted by molar-refractivity contribution is 0.338. The Balaban J connectivity index is 2.31. The summed E-state index contributed by atoms with van der Waals surface area (Å²) in [6.07, 6.45) is 0. The lowest BCUT2D eigenvalue weighted by atomic mass is 10.2. The summed E-state index contributed by atoms with van der Waals surface area (Å²) in [6, 6.07) is 8.95. The lowest BCUT2D eigenvalue weighted by Crippen LogP contribution is -1.95. The molecule has 4 nitrogen and oxygen atoms in total.